The number of fused-ring (bicyclic) bond motifs is 2. The van der Waals surface area contributed by atoms with E-state index in [2.05, 4.69) is 10.6 Å². The Balaban J connectivity index is 1.21. The minimum atomic E-state index is -0.250. The van der Waals surface area contributed by atoms with Crippen molar-refractivity contribution in [1.82, 2.24) is 9.97 Å². The van der Waals surface area contributed by atoms with E-state index in [4.69, 9.17) is 9.97 Å². The van der Waals surface area contributed by atoms with E-state index in [1.165, 1.54) is 0 Å². The Morgan fingerprint density at radius 1 is 0.478 bits per heavy atom. The molecule has 6 nitrogen and oxygen atoms in total. The maximum Gasteiger partial charge on any atom is 0.256 e. The van der Waals surface area contributed by atoms with Gasteiger partial charge in [0.05, 0.1) is 33.5 Å². The Labute approximate surface area is 266 Å². The highest BCUT2D eigenvalue weighted by Gasteiger charge is 2.21. The molecule has 0 saturated carbocycles. The van der Waals surface area contributed by atoms with Gasteiger partial charge in [0.15, 0.2) is 0 Å². The highest BCUT2D eigenvalue weighted by atomic mass is 16.2. The number of nitrogens with zero attached hydrogens (tertiary/aromatic N) is 2. The van der Waals surface area contributed by atoms with Crippen LogP contribution in [0.25, 0.3) is 44.3 Å². The van der Waals surface area contributed by atoms with Crippen molar-refractivity contribution in [2.24, 2.45) is 0 Å². The largest absolute Gasteiger partial charge is 0.322 e. The second-order valence-electron chi connectivity index (χ2n) is 11.2. The first-order valence-electron chi connectivity index (χ1n) is 15.1. The molecule has 5 aromatic carbocycles. The minimum Gasteiger partial charge on any atom is -0.322 e. The summed E-state index contributed by atoms with van der Waals surface area (Å²) >= 11 is 0. The molecule has 0 spiro atoms. The topological polar surface area (TPSA) is 84.0 Å². The molecule has 7 aromatic rings. The van der Waals surface area contributed by atoms with Crippen LogP contribution in [0.1, 0.15) is 31.8 Å². The fourth-order valence-electron chi connectivity index (χ4n) is 6.02. The molecule has 2 aromatic heterocycles. The van der Waals surface area contributed by atoms with Gasteiger partial charge in [0.2, 0.25) is 0 Å². The molecule has 0 unspecified atom stereocenters. The SMILES string of the molecule is Cc1c(-c2ccccc2)nc2ccccc2c1C(=O)Nc1cccc(NC(=O)c2c(C)c(-c3ccccc3)nc3ccccc23)c1. The molecule has 46 heavy (non-hydrogen) atoms. The lowest BCUT2D eigenvalue weighted by Crippen LogP contribution is -2.17. The molecular formula is C40H30N4O2. The first-order valence-corrected chi connectivity index (χ1v) is 15.1. The summed E-state index contributed by atoms with van der Waals surface area (Å²) in [7, 11) is 0. The average Bonchev–Trinajstić information content (AvgIpc) is 3.08. The molecule has 0 aliphatic rings. The third-order valence-corrected chi connectivity index (χ3v) is 8.20. The molecule has 2 N–H and O–H groups in total. The fraction of sp³-hybridized carbons (Fsp3) is 0.0500. The van der Waals surface area contributed by atoms with Crippen molar-refractivity contribution in [3.8, 4) is 22.5 Å². The van der Waals surface area contributed by atoms with Gasteiger partial charge in [-0.3, -0.25) is 9.59 Å². The van der Waals surface area contributed by atoms with Gasteiger partial charge in [-0.05, 0) is 55.3 Å². The molecule has 0 bridgehead atoms. The number of hydrogen-bond acceptors (Lipinski definition) is 4. The molecule has 0 aliphatic heterocycles. The fourth-order valence-corrected chi connectivity index (χ4v) is 6.02. The number of nitrogens with one attached hydrogen (secondary N) is 2. The molecule has 2 amide bonds. The number of carbonyl (C=O) groups is 2. The normalized spacial score (nSPS) is 11.0. The predicted octanol–water partition coefficient (Wildman–Crippen LogP) is 9.24. The second-order valence-corrected chi connectivity index (χ2v) is 11.2. The third kappa shape index (κ3) is 5.37. The summed E-state index contributed by atoms with van der Waals surface area (Å²) in [4.78, 5) is 37.6. The van der Waals surface area contributed by atoms with Crippen molar-refractivity contribution in [2.75, 3.05) is 10.6 Å². The van der Waals surface area contributed by atoms with Gasteiger partial charge in [-0.1, -0.05) is 103 Å². The van der Waals surface area contributed by atoms with Crippen LogP contribution >= 0.6 is 0 Å². The van der Waals surface area contributed by atoms with E-state index in [-0.39, 0.29) is 11.8 Å². The van der Waals surface area contributed by atoms with E-state index in [1.807, 2.05) is 141 Å². The minimum absolute atomic E-state index is 0.250. The Hall–Kier alpha value is -6.14. The first-order chi connectivity index (χ1) is 22.5. The summed E-state index contributed by atoms with van der Waals surface area (Å²) in [5.74, 6) is -0.500. The van der Waals surface area contributed by atoms with Crippen LogP contribution in [0, 0.1) is 13.8 Å². The van der Waals surface area contributed by atoms with Crippen molar-refractivity contribution >= 4 is 45.0 Å². The average molecular weight is 599 g/mol. The quantitative estimate of drug-likeness (QED) is 0.200. The zero-order valence-corrected chi connectivity index (χ0v) is 25.4. The van der Waals surface area contributed by atoms with Gasteiger partial charge in [-0.25, -0.2) is 9.97 Å². The lowest BCUT2D eigenvalue weighted by atomic mass is 9.97. The number of aromatic nitrogens is 2. The zero-order chi connectivity index (χ0) is 31.6. The standard InChI is InChI=1S/C40H30N4O2/c1-25-35(31-20-9-11-22-33(31)43-37(25)27-14-5-3-6-15-27)39(45)41-29-18-13-19-30(24-29)42-40(46)36-26(2)38(28-16-7-4-8-17-28)44-34-23-12-10-21-32(34)36/h3-24H,1-2H3,(H,41,45)(H,42,46). The summed E-state index contributed by atoms with van der Waals surface area (Å²) in [6, 6.07) is 42.3. The van der Waals surface area contributed by atoms with Crippen molar-refractivity contribution in [3.63, 3.8) is 0 Å². The Kier molecular flexibility index (Phi) is 7.53. The van der Waals surface area contributed by atoms with Crippen molar-refractivity contribution in [3.05, 3.63) is 156 Å². The summed E-state index contributed by atoms with van der Waals surface area (Å²) in [5.41, 5.74) is 8.73. The Bertz CT molecular complexity index is 2110. The van der Waals surface area contributed by atoms with E-state index in [9.17, 15) is 9.59 Å². The molecule has 7 rings (SSSR count). The van der Waals surface area contributed by atoms with Crippen LogP contribution in [-0.4, -0.2) is 21.8 Å². The number of para-hydroxylation sites is 2. The molecule has 222 valence electrons. The summed E-state index contributed by atoms with van der Waals surface area (Å²) in [6.45, 7) is 3.86. The van der Waals surface area contributed by atoms with Gasteiger partial charge in [-0.15, -0.1) is 0 Å². The molecule has 0 fully saturated rings. The second kappa shape index (κ2) is 12.1. The van der Waals surface area contributed by atoms with Crippen LogP contribution in [0.2, 0.25) is 0 Å². The monoisotopic (exact) mass is 598 g/mol. The van der Waals surface area contributed by atoms with E-state index in [0.29, 0.717) is 22.5 Å². The highest BCUT2D eigenvalue weighted by Crippen LogP contribution is 2.32. The summed E-state index contributed by atoms with van der Waals surface area (Å²) in [6.07, 6.45) is 0. The van der Waals surface area contributed by atoms with Gasteiger partial charge in [-0.2, -0.15) is 0 Å². The predicted molar refractivity (Wildman–Crippen MR) is 186 cm³/mol. The molecule has 0 aliphatic carbocycles. The van der Waals surface area contributed by atoms with Crippen LogP contribution in [0.3, 0.4) is 0 Å². The van der Waals surface area contributed by atoms with Gasteiger partial charge in [0.1, 0.15) is 0 Å². The van der Waals surface area contributed by atoms with E-state index in [0.717, 1.165) is 55.4 Å². The third-order valence-electron chi connectivity index (χ3n) is 8.20. The number of amides is 2. The Morgan fingerprint density at radius 2 is 0.870 bits per heavy atom. The molecular weight excluding hydrogens is 568 g/mol. The van der Waals surface area contributed by atoms with Crippen LogP contribution < -0.4 is 10.6 Å². The van der Waals surface area contributed by atoms with Gasteiger partial charge in [0, 0.05) is 33.3 Å². The van der Waals surface area contributed by atoms with Crippen LogP contribution in [-0.2, 0) is 0 Å². The molecule has 0 saturated heterocycles. The van der Waals surface area contributed by atoms with Gasteiger partial charge >= 0.3 is 0 Å². The Morgan fingerprint density at radius 3 is 1.30 bits per heavy atom. The van der Waals surface area contributed by atoms with Crippen LogP contribution in [0.4, 0.5) is 11.4 Å². The van der Waals surface area contributed by atoms with Crippen molar-refractivity contribution in [2.45, 2.75) is 13.8 Å². The highest BCUT2D eigenvalue weighted by molar-refractivity contribution is 6.16. The van der Waals surface area contributed by atoms with E-state index in [1.54, 1.807) is 6.07 Å². The van der Waals surface area contributed by atoms with Crippen molar-refractivity contribution < 1.29 is 9.59 Å². The number of anilines is 2. The maximum atomic E-state index is 13.9. The van der Waals surface area contributed by atoms with Gasteiger partial charge in [0.25, 0.3) is 11.8 Å². The summed E-state index contributed by atoms with van der Waals surface area (Å²) < 4.78 is 0. The molecule has 2 heterocycles. The lowest BCUT2D eigenvalue weighted by Gasteiger charge is -2.16. The molecule has 0 atom stereocenters. The van der Waals surface area contributed by atoms with E-state index >= 15 is 0 Å². The number of rotatable bonds is 6. The number of benzene rings is 5. The number of hydrogen-bond donors (Lipinski definition) is 2. The smallest absolute Gasteiger partial charge is 0.256 e. The maximum absolute atomic E-state index is 13.9. The zero-order valence-electron chi connectivity index (χ0n) is 25.4. The molecule has 0 radical (unpaired) electrons. The van der Waals surface area contributed by atoms with Gasteiger partial charge < -0.3 is 10.6 Å². The van der Waals surface area contributed by atoms with Crippen LogP contribution in [0.15, 0.2) is 133 Å². The molecule has 6 heteroatoms. The summed E-state index contributed by atoms with van der Waals surface area (Å²) in [5, 5.41) is 7.68. The number of carbonyl (C=O) groups excluding carboxylic acids is 2. The number of pyridine rings is 2. The lowest BCUT2D eigenvalue weighted by molar-refractivity contribution is 0.102. The first kappa shape index (κ1) is 28.6. The van der Waals surface area contributed by atoms with Crippen LogP contribution in [0.5, 0.6) is 0 Å². The van der Waals surface area contributed by atoms with Crippen molar-refractivity contribution in [1.29, 1.82) is 0 Å². The van der Waals surface area contributed by atoms with E-state index < -0.39 is 0 Å².